The average molecular weight is 493 g/mol. The van der Waals surface area contributed by atoms with Crippen LogP contribution in [0.2, 0.25) is 5.02 Å². The van der Waals surface area contributed by atoms with Gasteiger partial charge in [-0.3, -0.25) is 9.59 Å². The topological polar surface area (TPSA) is 93.0 Å². The molecule has 1 fully saturated rings. The number of rotatable bonds is 5. The van der Waals surface area contributed by atoms with Crippen LogP contribution in [0.25, 0.3) is 5.82 Å². The van der Waals surface area contributed by atoms with E-state index in [-0.39, 0.29) is 16.5 Å². The van der Waals surface area contributed by atoms with Gasteiger partial charge >= 0.3 is 6.18 Å². The lowest BCUT2D eigenvalue weighted by molar-refractivity contribution is -0.137. The van der Waals surface area contributed by atoms with Crippen LogP contribution in [0.5, 0.6) is 0 Å². The molecule has 1 aromatic carbocycles. The Morgan fingerprint density at radius 1 is 1.18 bits per heavy atom. The summed E-state index contributed by atoms with van der Waals surface area (Å²) < 4.78 is 40.6. The number of nitrogens with one attached hydrogen (secondary N) is 1. The first-order valence-electron chi connectivity index (χ1n) is 10.5. The highest BCUT2D eigenvalue weighted by molar-refractivity contribution is 6.31. The van der Waals surface area contributed by atoms with Crippen LogP contribution in [-0.2, 0) is 11.0 Å². The largest absolute Gasteiger partial charge is 0.416 e. The molecule has 1 aliphatic heterocycles. The number of hydrogen-bond acceptors (Lipinski definition) is 5. The van der Waals surface area contributed by atoms with Gasteiger partial charge in [-0.25, -0.2) is 9.97 Å². The Kier molecular flexibility index (Phi) is 6.56. The molecule has 1 aliphatic rings. The molecule has 178 valence electrons. The number of piperidine rings is 1. The zero-order valence-electron chi connectivity index (χ0n) is 18.0. The van der Waals surface area contributed by atoms with Gasteiger partial charge in [0.05, 0.1) is 23.5 Å². The Morgan fingerprint density at radius 3 is 2.65 bits per heavy atom. The predicted molar refractivity (Wildman–Crippen MR) is 118 cm³/mol. The van der Waals surface area contributed by atoms with Crippen molar-refractivity contribution in [2.24, 2.45) is 0 Å². The molecule has 0 saturated carbocycles. The number of carbonyl (C=O) groups is 2. The molecule has 0 radical (unpaired) electrons. The maximum absolute atomic E-state index is 13.1. The van der Waals surface area contributed by atoms with E-state index in [1.807, 2.05) is 0 Å². The maximum atomic E-state index is 13.1. The number of halogens is 4. The fourth-order valence-corrected chi connectivity index (χ4v) is 3.93. The third kappa shape index (κ3) is 5.04. The van der Waals surface area contributed by atoms with E-state index in [2.05, 4.69) is 20.4 Å². The average Bonchev–Trinajstić information content (AvgIpc) is 3.29. The number of nitrogens with zero attached hydrogens (tertiary/aromatic N) is 5. The number of pyridine rings is 1. The van der Waals surface area contributed by atoms with Gasteiger partial charge < -0.3 is 10.2 Å². The second kappa shape index (κ2) is 9.41. The standard InChI is InChI=1S/C22H20ClF3N6O2/c1-13(30-21(34)14-8-15(22(24,25)26)10-16(23)9-14)20-28-12-29-32(20)18-6-5-17(11-27-18)31-7-3-2-4-19(31)33/h5-6,8-13H,2-4,7H2,1H3,(H,30,34)/t13-/m0/s1. The number of alkyl halides is 3. The van der Waals surface area contributed by atoms with Crippen LogP contribution in [0.3, 0.4) is 0 Å². The molecule has 1 atom stereocenters. The molecular formula is C22H20ClF3N6O2. The lowest BCUT2D eigenvalue weighted by atomic mass is 10.1. The Hall–Kier alpha value is -3.47. The second-order valence-corrected chi connectivity index (χ2v) is 8.27. The Balaban J connectivity index is 1.52. The molecule has 3 heterocycles. The van der Waals surface area contributed by atoms with Crippen LogP contribution < -0.4 is 10.2 Å². The Labute approximate surface area is 197 Å². The summed E-state index contributed by atoms with van der Waals surface area (Å²) in [5.41, 5.74) is -0.568. The van der Waals surface area contributed by atoms with Crippen molar-refractivity contribution in [2.45, 2.75) is 38.4 Å². The summed E-state index contributed by atoms with van der Waals surface area (Å²) in [6.45, 7) is 2.26. The van der Waals surface area contributed by atoms with Gasteiger partial charge in [0.2, 0.25) is 5.91 Å². The summed E-state index contributed by atoms with van der Waals surface area (Å²) in [7, 11) is 0. The van der Waals surface area contributed by atoms with E-state index in [1.54, 1.807) is 30.2 Å². The van der Waals surface area contributed by atoms with Gasteiger partial charge in [-0.2, -0.15) is 23.0 Å². The molecule has 12 heteroatoms. The van der Waals surface area contributed by atoms with E-state index in [1.165, 1.54) is 11.0 Å². The zero-order valence-corrected chi connectivity index (χ0v) is 18.8. The normalized spacial score (nSPS) is 15.3. The molecule has 2 amide bonds. The summed E-state index contributed by atoms with van der Waals surface area (Å²) in [6, 6.07) is 5.37. The van der Waals surface area contributed by atoms with E-state index in [9.17, 15) is 22.8 Å². The van der Waals surface area contributed by atoms with Gasteiger partial charge in [0.1, 0.15) is 6.33 Å². The van der Waals surface area contributed by atoms with E-state index in [0.717, 1.165) is 31.0 Å². The lowest BCUT2D eigenvalue weighted by Gasteiger charge is -2.26. The van der Waals surface area contributed by atoms with Crippen LogP contribution in [0, 0.1) is 0 Å². The minimum Gasteiger partial charge on any atom is -0.342 e. The van der Waals surface area contributed by atoms with Crippen molar-refractivity contribution in [3.8, 4) is 5.82 Å². The molecule has 4 rings (SSSR count). The first-order chi connectivity index (χ1) is 16.1. The first kappa shape index (κ1) is 23.7. The molecule has 3 aromatic rings. The van der Waals surface area contributed by atoms with E-state index in [4.69, 9.17) is 11.6 Å². The van der Waals surface area contributed by atoms with Crippen molar-refractivity contribution < 1.29 is 22.8 Å². The van der Waals surface area contributed by atoms with Gasteiger partial charge in [-0.05, 0) is 50.1 Å². The van der Waals surface area contributed by atoms with Crippen molar-refractivity contribution in [3.63, 3.8) is 0 Å². The number of aromatic nitrogens is 4. The van der Waals surface area contributed by atoms with Gasteiger partial charge in [0.15, 0.2) is 11.6 Å². The minimum absolute atomic E-state index is 0.0493. The molecule has 8 nitrogen and oxygen atoms in total. The summed E-state index contributed by atoms with van der Waals surface area (Å²) in [5.74, 6) is 0.0277. The molecule has 0 aliphatic carbocycles. The van der Waals surface area contributed by atoms with E-state index >= 15 is 0 Å². The number of benzene rings is 1. The molecule has 0 bridgehead atoms. The lowest BCUT2D eigenvalue weighted by Crippen LogP contribution is -2.35. The van der Waals surface area contributed by atoms with Gasteiger partial charge in [0, 0.05) is 23.6 Å². The highest BCUT2D eigenvalue weighted by atomic mass is 35.5. The van der Waals surface area contributed by atoms with Gasteiger partial charge in [-0.15, -0.1) is 0 Å². The number of hydrogen-bond donors (Lipinski definition) is 1. The molecule has 0 spiro atoms. The van der Waals surface area contributed by atoms with Crippen molar-refractivity contribution in [1.82, 2.24) is 25.1 Å². The minimum atomic E-state index is -4.64. The van der Waals surface area contributed by atoms with E-state index < -0.39 is 23.7 Å². The predicted octanol–water partition coefficient (Wildman–Crippen LogP) is 4.34. The summed E-state index contributed by atoms with van der Waals surface area (Å²) >= 11 is 5.78. The SMILES string of the molecule is C[C@H](NC(=O)c1cc(Cl)cc(C(F)(F)F)c1)c1ncnn1-c1ccc(N2CCCCC2=O)cn1. The maximum Gasteiger partial charge on any atom is 0.416 e. The van der Waals surface area contributed by atoms with Crippen LogP contribution in [0.15, 0.2) is 42.9 Å². The fourth-order valence-electron chi connectivity index (χ4n) is 3.69. The first-order valence-corrected chi connectivity index (χ1v) is 10.9. The third-order valence-corrected chi connectivity index (χ3v) is 5.60. The second-order valence-electron chi connectivity index (χ2n) is 7.83. The highest BCUT2D eigenvalue weighted by Gasteiger charge is 2.32. The van der Waals surface area contributed by atoms with Crippen LogP contribution in [0.4, 0.5) is 18.9 Å². The number of carbonyl (C=O) groups excluding carboxylic acids is 2. The van der Waals surface area contributed by atoms with Gasteiger partial charge in [-0.1, -0.05) is 11.6 Å². The Morgan fingerprint density at radius 2 is 1.97 bits per heavy atom. The number of amides is 2. The zero-order chi connectivity index (χ0) is 24.5. The molecule has 0 unspecified atom stereocenters. The van der Waals surface area contributed by atoms with Crippen LogP contribution in [-0.4, -0.2) is 38.1 Å². The molecule has 34 heavy (non-hydrogen) atoms. The molecule has 1 N–H and O–H groups in total. The number of anilines is 1. The van der Waals surface area contributed by atoms with Crippen molar-refractivity contribution in [3.05, 3.63) is 64.8 Å². The van der Waals surface area contributed by atoms with Crippen LogP contribution >= 0.6 is 11.6 Å². The fraction of sp³-hybridized carbons (Fsp3) is 0.318. The Bertz CT molecular complexity index is 1210. The quantitative estimate of drug-likeness (QED) is 0.572. The summed E-state index contributed by atoms with van der Waals surface area (Å²) in [6.07, 6.45) is 0.515. The molecule has 1 saturated heterocycles. The van der Waals surface area contributed by atoms with Crippen molar-refractivity contribution in [2.75, 3.05) is 11.4 Å². The third-order valence-electron chi connectivity index (χ3n) is 5.38. The van der Waals surface area contributed by atoms with Crippen molar-refractivity contribution >= 4 is 29.1 Å². The monoisotopic (exact) mass is 492 g/mol. The summed E-state index contributed by atoms with van der Waals surface area (Å²) in [5, 5.41) is 6.56. The van der Waals surface area contributed by atoms with Crippen molar-refractivity contribution in [1.29, 1.82) is 0 Å². The molecule has 2 aromatic heterocycles. The molecular weight excluding hydrogens is 473 g/mol. The highest BCUT2D eigenvalue weighted by Crippen LogP contribution is 2.32. The summed E-state index contributed by atoms with van der Waals surface area (Å²) in [4.78, 5) is 35.0. The van der Waals surface area contributed by atoms with Crippen LogP contribution in [0.1, 0.15) is 54.0 Å². The smallest absolute Gasteiger partial charge is 0.342 e. The van der Waals surface area contributed by atoms with E-state index in [0.29, 0.717) is 30.3 Å². The van der Waals surface area contributed by atoms with Gasteiger partial charge in [0.25, 0.3) is 5.91 Å².